The highest BCUT2D eigenvalue weighted by Crippen LogP contribution is 2.28. The number of nitrogens with zero attached hydrogens (tertiary/aromatic N) is 1. The smallest absolute Gasteiger partial charge is 0.338 e. The van der Waals surface area contributed by atoms with Crippen molar-refractivity contribution in [3.05, 3.63) is 33.9 Å². The number of benzene rings is 1. The molecule has 1 N–H and O–H groups in total. The van der Waals surface area contributed by atoms with Gasteiger partial charge in [0.1, 0.15) is 11.7 Å². The molecule has 0 aliphatic carbocycles. The first-order valence-corrected chi connectivity index (χ1v) is 7.06. The van der Waals surface area contributed by atoms with Gasteiger partial charge in [0.05, 0.1) is 24.7 Å². The summed E-state index contributed by atoms with van der Waals surface area (Å²) < 4.78 is 9.29. The molecule has 126 valence electrons. The zero-order valence-corrected chi connectivity index (χ0v) is 13.5. The topological polar surface area (TPSA) is 108 Å². The van der Waals surface area contributed by atoms with Crippen molar-refractivity contribution in [2.45, 2.75) is 26.3 Å². The van der Waals surface area contributed by atoms with E-state index in [1.165, 1.54) is 26.4 Å². The number of ether oxygens (including phenoxy) is 2. The maximum absolute atomic E-state index is 11.9. The molecule has 23 heavy (non-hydrogen) atoms. The molecule has 0 amide bonds. The van der Waals surface area contributed by atoms with Gasteiger partial charge in [-0.25, -0.2) is 9.59 Å². The third-order valence-electron chi connectivity index (χ3n) is 3.59. The van der Waals surface area contributed by atoms with Gasteiger partial charge in [-0.3, -0.25) is 10.1 Å². The van der Waals surface area contributed by atoms with Crippen molar-refractivity contribution in [1.29, 1.82) is 0 Å². The Morgan fingerprint density at radius 3 is 2.43 bits per heavy atom. The average Bonchev–Trinajstić information content (AvgIpc) is 2.57. The molecule has 2 atom stereocenters. The maximum Gasteiger partial charge on any atom is 0.338 e. The Balaban J connectivity index is 3.22. The molecule has 8 heteroatoms. The number of carbonyl (C=O) groups is 2. The number of nitrogens with one attached hydrogen (secondary N) is 1. The van der Waals surface area contributed by atoms with Gasteiger partial charge in [-0.05, 0) is 18.1 Å². The van der Waals surface area contributed by atoms with E-state index in [9.17, 15) is 19.7 Å². The summed E-state index contributed by atoms with van der Waals surface area (Å²) in [6.45, 7) is 3.74. The van der Waals surface area contributed by atoms with Gasteiger partial charge in [-0.1, -0.05) is 20.3 Å². The second-order valence-electron chi connectivity index (χ2n) is 5.01. The Morgan fingerprint density at radius 2 is 1.96 bits per heavy atom. The Labute approximate surface area is 133 Å². The van der Waals surface area contributed by atoms with Crippen molar-refractivity contribution < 1.29 is 24.0 Å². The molecular formula is C15H20N2O6. The summed E-state index contributed by atoms with van der Waals surface area (Å²) >= 11 is 0. The minimum absolute atomic E-state index is 0.0582. The average molecular weight is 324 g/mol. The van der Waals surface area contributed by atoms with Crippen LogP contribution in [0.3, 0.4) is 0 Å². The van der Waals surface area contributed by atoms with Crippen LogP contribution in [0, 0.1) is 16.0 Å². The first-order valence-electron chi connectivity index (χ1n) is 7.06. The van der Waals surface area contributed by atoms with Crippen LogP contribution in [0.4, 0.5) is 11.4 Å². The minimum atomic E-state index is -0.729. The molecular weight excluding hydrogens is 304 g/mol. The Bertz CT molecular complexity index is 602. The van der Waals surface area contributed by atoms with Crippen molar-refractivity contribution in [2.75, 3.05) is 19.5 Å². The predicted molar refractivity (Wildman–Crippen MR) is 83.3 cm³/mol. The maximum atomic E-state index is 11.9. The lowest BCUT2D eigenvalue weighted by Crippen LogP contribution is -2.36. The normalized spacial score (nSPS) is 12.9. The van der Waals surface area contributed by atoms with Crippen molar-refractivity contribution >= 4 is 23.3 Å². The second kappa shape index (κ2) is 8.11. The van der Waals surface area contributed by atoms with Crippen LogP contribution in [0.1, 0.15) is 30.6 Å². The molecule has 0 unspecified atom stereocenters. The molecule has 8 nitrogen and oxygen atoms in total. The fraction of sp³-hybridized carbons (Fsp3) is 0.467. The number of esters is 2. The highest BCUT2D eigenvalue weighted by atomic mass is 16.6. The lowest BCUT2D eigenvalue weighted by Gasteiger charge is -2.22. The first-order chi connectivity index (χ1) is 10.8. The Morgan fingerprint density at radius 1 is 1.30 bits per heavy atom. The molecule has 0 heterocycles. The molecule has 1 aromatic carbocycles. The van der Waals surface area contributed by atoms with E-state index in [4.69, 9.17) is 4.74 Å². The van der Waals surface area contributed by atoms with Crippen molar-refractivity contribution in [3.63, 3.8) is 0 Å². The lowest BCUT2D eigenvalue weighted by atomic mass is 9.98. The van der Waals surface area contributed by atoms with Crippen molar-refractivity contribution in [1.82, 2.24) is 0 Å². The molecule has 0 bridgehead atoms. The van der Waals surface area contributed by atoms with E-state index in [-0.39, 0.29) is 22.9 Å². The number of hydrogen-bond acceptors (Lipinski definition) is 7. The van der Waals surface area contributed by atoms with E-state index in [0.717, 1.165) is 6.07 Å². The van der Waals surface area contributed by atoms with E-state index in [1.54, 1.807) is 0 Å². The fourth-order valence-corrected chi connectivity index (χ4v) is 2.01. The molecule has 0 aliphatic heterocycles. The van der Waals surface area contributed by atoms with Gasteiger partial charge in [-0.2, -0.15) is 0 Å². The highest BCUT2D eigenvalue weighted by Gasteiger charge is 2.28. The second-order valence-corrected chi connectivity index (χ2v) is 5.01. The van der Waals surface area contributed by atoms with Crippen LogP contribution in [0.15, 0.2) is 18.2 Å². The number of carbonyl (C=O) groups excluding carboxylic acids is 2. The summed E-state index contributed by atoms with van der Waals surface area (Å²) in [6, 6.07) is 3.15. The SMILES string of the molecule is CC[C@@H](C)[C@@H](Nc1ccc(C(=O)OC)cc1[N+](=O)[O-])C(=O)OC. The molecule has 0 saturated heterocycles. The summed E-state index contributed by atoms with van der Waals surface area (Å²) in [5.74, 6) is -1.28. The van der Waals surface area contributed by atoms with Crippen molar-refractivity contribution in [3.8, 4) is 0 Å². The number of hydrogen-bond donors (Lipinski definition) is 1. The molecule has 1 aromatic rings. The van der Waals surface area contributed by atoms with E-state index in [1.807, 2.05) is 13.8 Å². The van der Waals surface area contributed by atoms with Crippen molar-refractivity contribution in [2.24, 2.45) is 5.92 Å². The summed E-state index contributed by atoms with van der Waals surface area (Å²) in [4.78, 5) is 34.0. The van der Waals surface area contributed by atoms with Crippen LogP contribution >= 0.6 is 0 Å². The van der Waals surface area contributed by atoms with Crippen LogP contribution in [0.2, 0.25) is 0 Å². The number of nitro benzene ring substituents is 1. The summed E-state index contributed by atoms with van der Waals surface area (Å²) in [5, 5.41) is 14.1. The van der Waals surface area contributed by atoms with Gasteiger partial charge in [-0.15, -0.1) is 0 Å². The van der Waals surface area contributed by atoms with Gasteiger partial charge in [0.25, 0.3) is 5.69 Å². The quantitative estimate of drug-likeness (QED) is 0.466. The third-order valence-corrected chi connectivity index (χ3v) is 3.59. The molecule has 0 spiro atoms. The Kier molecular flexibility index (Phi) is 6.49. The van der Waals surface area contributed by atoms with Gasteiger partial charge in [0.15, 0.2) is 0 Å². The van der Waals surface area contributed by atoms with Crippen LogP contribution in [-0.2, 0) is 14.3 Å². The third kappa shape index (κ3) is 4.41. The van der Waals surface area contributed by atoms with E-state index < -0.39 is 22.9 Å². The molecule has 0 saturated carbocycles. The van der Waals surface area contributed by atoms with Gasteiger partial charge >= 0.3 is 11.9 Å². The van der Waals surface area contributed by atoms with E-state index in [0.29, 0.717) is 6.42 Å². The zero-order chi connectivity index (χ0) is 17.6. The summed E-state index contributed by atoms with van der Waals surface area (Å²) in [6.07, 6.45) is 0.681. The first kappa shape index (κ1) is 18.4. The zero-order valence-electron chi connectivity index (χ0n) is 13.5. The predicted octanol–water partition coefficient (Wildman–Crippen LogP) is 2.38. The Hall–Kier alpha value is -2.64. The molecule has 0 aromatic heterocycles. The highest BCUT2D eigenvalue weighted by molar-refractivity contribution is 5.91. The fourth-order valence-electron chi connectivity index (χ4n) is 2.01. The van der Waals surface area contributed by atoms with Gasteiger partial charge in [0, 0.05) is 6.07 Å². The summed E-state index contributed by atoms with van der Waals surface area (Å²) in [7, 11) is 2.45. The van der Waals surface area contributed by atoms with E-state index in [2.05, 4.69) is 10.1 Å². The number of methoxy groups -OCH3 is 2. The lowest BCUT2D eigenvalue weighted by molar-refractivity contribution is -0.384. The molecule has 1 rings (SSSR count). The van der Waals surface area contributed by atoms with E-state index >= 15 is 0 Å². The standard InChI is InChI=1S/C15H20N2O6/c1-5-9(2)13(15(19)23-4)16-11-7-6-10(14(18)22-3)8-12(11)17(20)21/h6-9,13,16H,5H2,1-4H3/t9-,13-/m1/s1. The summed E-state index contributed by atoms with van der Waals surface area (Å²) in [5.41, 5.74) is -0.119. The van der Waals surface area contributed by atoms with Crippen LogP contribution < -0.4 is 5.32 Å². The minimum Gasteiger partial charge on any atom is -0.467 e. The van der Waals surface area contributed by atoms with Crippen LogP contribution in [-0.4, -0.2) is 37.1 Å². The molecule has 0 radical (unpaired) electrons. The molecule has 0 fully saturated rings. The number of rotatable bonds is 7. The monoisotopic (exact) mass is 324 g/mol. The van der Waals surface area contributed by atoms with Gasteiger partial charge < -0.3 is 14.8 Å². The van der Waals surface area contributed by atoms with Crippen LogP contribution in [0.5, 0.6) is 0 Å². The van der Waals surface area contributed by atoms with Crippen LogP contribution in [0.25, 0.3) is 0 Å². The largest absolute Gasteiger partial charge is 0.467 e. The van der Waals surface area contributed by atoms with Gasteiger partial charge in [0.2, 0.25) is 0 Å². The molecule has 0 aliphatic rings. The number of nitro groups is 1. The number of anilines is 1.